The monoisotopic (exact) mass is 652 g/mol. The van der Waals surface area contributed by atoms with Crippen LogP contribution in [0, 0.1) is 0 Å². The minimum Gasteiger partial charge on any atom is -0.192 e. The molecule has 6 aromatic rings. The van der Waals surface area contributed by atoms with Crippen LogP contribution in [0.25, 0.3) is 32.3 Å². The Balaban J connectivity index is 0.000000296. The van der Waals surface area contributed by atoms with E-state index in [0.29, 0.717) is 0 Å². The number of fused-ring (bicyclic) bond motifs is 3. The Kier molecular flexibility index (Phi) is 13.7. The van der Waals surface area contributed by atoms with E-state index in [2.05, 4.69) is 155 Å². The van der Waals surface area contributed by atoms with Gasteiger partial charge in [-0.3, -0.25) is 0 Å². The molecule has 0 unspecified atom stereocenters. The van der Waals surface area contributed by atoms with Crippen LogP contribution in [-0.4, -0.2) is 23.4 Å². The van der Waals surface area contributed by atoms with E-state index >= 15 is 0 Å². The first kappa shape index (κ1) is 35.8. The van der Waals surface area contributed by atoms with Gasteiger partial charge in [-0.25, -0.2) is 0 Å². The number of hydrogen-bond acceptors (Lipinski definition) is 0. The molecule has 0 aromatic heterocycles. The second-order valence-corrected chi connectivity index (χ2v) is 16.1. The average Bonchev–Trinajstić information content (AvgIpc) is 3.15. The Morgan fingerprint density at radius 1 is 0.375 bits per heavy atom. The first-order valence-electron chi connectivity index (χ1n) is 18.9. The van der Waals surface area contributed by atoms with Crippen LogP contribution < -0.4 is 16.4 Å². The molecule has 0 bridgehead atoms. The van der Waals surface area contributed by atoms with Crippen LogP contribution in [0.5, 0.6) is 0 Å². The van der Waals surface area contributed by atoms with Crippen molar-refractivity contribution in [1.29, 1.82) is 0 Å². The van der Waals surface area contributed by atoms with Gasteiger partial charge in [0.05, 0.1) is 6.15 Å². The third kappa shape index (κ3) is 8.20. The molecule has 0 atom stereocenters. The van der Waals surface area contributed by atoms with E-state index in [1.54, 1.807) is 0 Å². The topological polar surface area (TPSA) is 0 Å². The molecule has 0 amide bonds. The number of hydrogen-bond donors (Lipinski definition) is 0. The third-order valence-corrected chi connectivity index (χ3v) is 13.0. The molecule has 0 radical (unpaired) electrons. The summed E-state index contributed by atoms with van der Waals surface area (Å²) in [6, 6.07) is 47.5. The Bertz CT molecular complexity index is 1630. The van der Waals surface area contributed by atoms with Crippen LogP contribution in [-0.2, 0) is 10.9 Å². The number of unbranched alkanes of at least 4 members (excludes halogenated alkanes) is 4. The fraction of sp³-hybridized carbons (Fsp3) is 0.348. The molecule has 0 spiro atoms. The molecule has 0 nitrogen and oxygen atoms in total. The maximum absolute atomic E-state index is 2.40. The predicted molar refractivity (Wildman–Crippen MR) is 223 cm³/mol. The number of rotatable bonds is 15. The molecule has 0 saturated carbocycles. The lowest BCUT2D eigenvalue weighted by Gasteiger charge is -2.45. The van der Waals surface area contributed by atoms with E-state index in [9.17, 15) is 0 Å². The van der Waals surface area contributed by atoms with Gasteiger partial charge in [-0.05, 0) is 46.3 Å². The molecule has 2 heteroatoms. The van der Waals surface area contributed by atoms with Crippen molar-refractivity contribution >= 4 is 65.7 Å². The standard InChI is InChI=1S/C34H30B.C12H27S/c1-2-3-25-35(32-22-10-16-26-13-4-7-19-29(26)32,33-23-11-17-27-14-5-8-20-30(27)33)34-24-12-18-28-15-6-9-21-31(28)34;1-4-7-10-13(11-8-5-2)12-9-6-3/h4-24H,2-3,25H2,1H3;4-12H2,1-3H3/q-1;+1. The maximum Gasteiger partial charge on any atom is 0.108 e. The van der Waals surface area contributed by atoms with E-state index in [1.165, 1.54) is 117 Å². The van der Waals surface area contributed by atoms with Gasteiger partial charge in [-0.15, -0.1) is 0 Å². The van der Waals surface area contributed by atoms with E-state index in [1.807, 2.05) is 0 Å². The maximum atomic E-state index is 2.40. The molecule has 0 aliphatic rings. The van der Waals surface area contributed by atoms with Gasteiger partial charge in [0.15, 0.2) is 0 Å². The fourth-order valence-electron chi connectivity index (χ4n) is 7.87. The van der Waals surface area contributed by atoms with E-state index in [-0.39, 0.29) is 0 Å². The van der Waals surface area contributed by atoms with Gasteiger partial charge in [0.1, 0.15) is 17.3 Å². The second-order valence-electron chi connectivity index (χ2n) is 13.7. The zero-order valence-electron chi connectivity index (χ0n) is 30.1. The highest BCUT2D eigenvalue weighted by molar-refractivity contribution is 7.96. The van der Waals surface area contributed by atoms with Gasteiger partial charge < -0.3 is 0 Å². The SMILES string of the molecule is CCCC[B-](c1cccc2ccccc12)(c1cccc2ccccc12)c1cccc2ccccc12.CCCC[S+](CCCC)CCCC. The first-order valence-corrected chi connectivity index (χ1v) is 20.7. The summed E-state index contributed by atoms with van der Waals surface area (Å²) in [4.78, 5) is 0. The summed E-state index contributed by atoms with van der Waals surface area (Å²) < 4.78 is 0. The van der Waals surface area contributed by atoms with Gasteiger partial charge in [0.2, 0.25) is 0 Å². The smallest absolute Gasteiger partial charge is 0.108 e. The van der Waals surface area contributed by atoms with Crippen molar-refractivity contribution in [3.63, 3.8) is 0 Å². The molecule has 6 rings (SSSR count). The fourth-order valence-corrected chi connectivity index (χ4v) is 10.6. The molecule has 6 aromatic carbocycles. The van der Waals surface area contributed by atoms with Crippen molar-refractivity contribution in [2.24, 2.45) is 0 Å². The van der Waals surface area contributed by atoms with Gasteiger partial charge in [0.25, 0.3) is 0 Å². The van der Waals surface area contributed by atoms with Gasteiger partial charge in [-0.2, -0.15) is 22.7 Å². The van der Waals surface area contributed by atoms with Crippen molar-refractivity contribution < 1.29 is 0 Å². The lowest BCUT2D eigenvalue weighted by Crippen LogP contribution is -2.67. The quantitative estimate of drug-likeness (QED) is 0.0765. The molecule has 0 aliphatic heterocycles. The third-order valence-electron chi connectivity index (χ3n) is 10.4. The summed E-state index contributed by atoms with van der Waals surface area (Å²) in [6.07, 6.45) is 10.7. The van der Waals surface area contributed by atoms with Crippen molar-refractivity contribution in [3.8, 4) is 0 Å². The van der Waals surface area contributed by atoms with Crippen molar-refractivity contribution in [3.05, 3.63) is 127 Å². The summed E-state index contributed by atoms with van der Waals surface area (Å²) in [5.41, 5.74) is 4.39. The first-order chi connectivity index (χ1) is 23.7. The van der Waals surface area contributed by atoms with Gasteiger partial charge in [-0.1, -0.05) is 203 Å². The van der Waals surface area contributed by atoms with Crippen molar-refractivity contribution in [2.45, 2.75) is 85.4 Å². The molecule has 250 valence electrons. The minimum atomic E-state index is -1.25. The lowest BCUT2D eigenvalue weighted by atomic mass is 9.13. The van der Waals surface area contributed by atoms with Crippen LogP contribution >= 0.6 is 0 Å². The zero-order chi connectivity index (χ0) is 33.6. The van der Waals surface area contributed by atoms with E-state index < -0.39 is 6.15 Å². The Labute approximate surface area is 294 Å². The Morgan fingerprint density at radius 3 is 1.02 bits per heavy atom. The second kappa shape index (κ2) is 18.3. The van der Waals surface area contributed by atoms with Crippen LogP contribution in [0.1, 0.15) is 79.1 Å². The summed E-state index contributed by atoms with van der Waals surface area (Å²) >= 11 is 0. The molecule has 0 N–H and O–H groups in total. The molecule has 48 heavy (non-hydrogen) atoms. The molecular weight excluding hydrogens is 595 g/mol. The summed E-state index contributed by atoms with van der Waals surface area (Å²) in [7, 11) is 0.776. The number of benzene rings is 6. The van der Waals surface area contributed by atoms with E-state index in [0.717, 1.165) is 17.2 Å². The van der Waals surface area contributed by atoms with Crippen LogP contribution in [0.4, 0.5) is 0 Å². The van der Waals surface area contributed by atoms with Gasteiger partial charge >= 0.3 is 0 Å². The zero-order valence-corrected chi connectivity index (χ0v) is 30.9. The van der Waals surface area contributed by atoms with Crippen molar-refractivity contribution in [1.82, 2.24) is 0 Å². The summed E-state index contributed by atoms with van der Waals surface area (Å²) in [5, 5.41) is 8.04. The van der Waals surface area contributed by atoms with Crippen molar-refractivity contribution in [2.75, 3.05) is 17.3 Å². The van der Waals surface area contributed by atoms with Crippen LogP contribution in [0.3, 0.4) is 0 Å². The molecule has 0 aliphatic carbocycles. The molecule has 0 fully saturated rings. The summed E-state index contributed by atoms with van der Waals surface area (Å²) in [6.45, 7) is 9.24. The average molecular weight is 653 g/mol. The predicted octanol–water partition coefficient (Wildman–Crippen LogP) is 11.4. The molecule has 0 heterocycles. The largest absolute Gasteiger partial charge is 0.192 e. The minimum absolute atomic E-state index is 0.776. The van der Waals surface area contributed by atoms with Crippen LogP contribution in [0.15, 0.2) is 127 Å². The van der Waals surface area contributed by atoms with Gasteiger partial charge in [0, 0.05) is 0 Å². The normalized spacial score (nSPS) is 11.7. The highest BCUT2D eigenvalue weighted by Crippen LogP contribution is 2.27. The highest BCUT2D eigenvalue weighted by Gasteiger charge is 2.33. The van der Waals surface area contributed by atoms with Crippen LogP contribution in [0.2, 0.25) is 6.32 Å². The Morgan fingerprint density at radius 2 is 0.688 bits per heavy atom. The summed E-state index contributed by atoms with van der Waals surface area (Å²) in [5.74, 6) is 4.53. The molecule has 0 saturated heterocycles. The molecular formula is C46H57BS. The lowest BCUT2D eigenvalue weighted by molar-refractivity contribution is 0.853. The Hall–Kier alpha value is -3.49. The van der Waals surface area contributed by atoms with E-state index in [4.69, 9.17) is 0 Å². The highest BCUT2D eigenvalue weighted by atomic mass is 32.2.